The summed E-state index contributed by atoms with van der Waals surface area (Å²) in [4.78, 5) is 10.1. The van der Waals surface area contributed by atoms with E-state index >= 15 is 0 Å². The normalized spacial score (nSPS) is 9.40. The molecule has 2 nitrogen and oxygen atoms in total. The molecule has 1 aromatic rings. The summed E-state index contributed by atoms with van der Waals surface area (Å²) < 4.78 is 0.994. The van der Waals surface area contributed by atoms with Crippen molar-refractivity contribution >= 4 is 22.2 Å². The second-order valence-electron chi connectivity index (χ2n) is 3.64. The van der Waals surface area contributed by atoms with Gasteiger partial charge in [0.25, 0.3) is 0 Å². The Labute approximate surface area is 100.0 Å². The minimum Gasteiger partial charge on any atom is -0.330 e. The third-order valence-electron chi connectivity index (χ3n) is 1.75. The number of carbonyl (C=O) groups is 1. The fraction of sp³-hybridized carbons (Fsp3) is 0.417. The monoisotopic (exact) mass is 271 g/mol. The minimum atomic E-state index is 0.707. The highest BCUT2D eigenvalue weighted by atomic mass is 79.9. The smallest absolute Gasteiger partial charge is 0.150 e. The van der Waals surface area contributed by atoms with Gasteiger partial charge in [-0.25, -0.2) is 0 Å². The van der Waals surface area contributed by atoms with Crippen LogP contribution < -0.4 is 5.73 Å². The Hall–Kier alpha value is -0.670. The van der Waals surface area contributed by atoms with Gasteiger partial charge < -0.3 is 5.73 Å². The van der Waals surface area contributed by atoms with Gasteiger partial charge in [0.15, 0.2) is 0 Å². The van der Waals surface area contributed by atoms with Crippen molar-refractivity contribution in [3.05, 3.63) is 34.3 Å². The molecule has 0 aliphatic rings. The van der Waals surface area contributed by atoms with Crippen molar-refractivity contribution in [2.45, 2.75) is 20.3 Å². The lowest BCUT2D eigenvalue weighted by atomic mass is 10.1. The number of benzene rings is 1. The van der Waals surface area contributed by atoms with E-state index in [9.17, 15) is 4.79 Å². The molecule has 0 atom stereocenters. The van der Waals surface area contributed by atoms with Crippen LogP contribution >= 0.6 is 15.9 Å². The lowest BCUT2D eigenvalue weighted by Crippen LogP contribution is -2.01. The number of halogens is 1. The third-order valence-corrected chi connectivity index (χ3v) is 2.28. The average Bonchev–Trinajstić information content (AvgIpc) is 2.20. The van der Waals surface area contributed by atoms with Crippen LogP contribution in [0.4, 0.5) is 0 Å². The molecule has 0 amide bonds. The van der Waals surface area contributed by atoms with Gasteiger partial charge in [0, 0.05) is 10.0 Å². The van der Waals surface area contributed by atoms with E-state index in [2.05, 4.69) is 29.8 Å². The molecule has 2 N–H and O–H groups in total. The SMILES string of the molecule is CC(C)CCN.O=Cc1ccc(Br)cc1. The highest BCUT2D eigenvalue weighted by molar-refractivity contribution is 9.10. The van der Waals surface area contributed by atoms with Crippen molar-refractivity contribution in [1.82, 2.24) is 0 Å². The van der Waals surface area contributed by atoms with E-state index in [1.807, 2.05) is 12.1 Å². The van der Waals surface area contributed by atoms with Crippen molar-refractivity contribution in [3.63, 3.8) is 0 Å². The molecule has 0 aliphatic carbocycles. The maximum Gasteiger partial charge on any atom is 0.150 e. The number of aldehydes is 1. The van der Waals surface area contributed by atoms with Crippen molar-refractivity contribution in [2.24, 2.45) is 11.7 Å². The maximum absolute atomic E-state index is 10.1. The molecule has 3 heteroatoms. The standard InChI is InChI=1S/C7H5BrO.C5H13N/c8-7-3-1-6(5-9)2-4-7;1-5(2)3-4-6/h1-5H;5H,3-4,6H2,1-2H3. The molecule has 0 unspecified atom stereocenters. The summed E-state index contributed by atoms with van der Waals surface area (Å²) in [7, 11) is 0. The highest BCUT2D eigenvalue weighted by Gasteiger charge is 1.86. The van der Waals surface area contributed by atoms with Gasteiger partial charge in [-0.2, -0.15) is 0 Å². The lowest BCUT2D eigenvalue weighted by Gasteiger charge is -1.96. The first-order valence-electron chi connectivity index (χ1n) is 5.01. The zero-order valence-corrected chi connectivity index (χ0v) is 10.8. The van der Waals surface area contributed by atoms with Gasteiger partial charge in [0.05, 0.1) is 0 Å². The number of hydrogen-bond acceptors (Lipinski definition) is 2. The first kappa shape index (κ1) is 14.3. The Kier molecular flexibility index (Phi) is 8.24. The van der Waals surface area contributed by atoms with Gasteiger partial charge >= 0.3 is 0 Å². The summed E-state index contributed by atoms with van der Waals surface area (Å²) >= 11 is 3.26. The Morgan fingerprint density at radius 1 is 1.33 bits per heavy atom. The fourth-order valence-corrected chi connectivity index (χ4v) is 1.14. The van der Waals surface area contributed by atoms with Crippen molar-refractivity contribution in [3.8, 4) is 0 Å². The second kappa shape index (κ2) is 8.62. The van der Waals surface area contributed by atoms with Crippen LogP contribution in [0, 0.1) is 5.92 Å². The van der Waals surface area contributed by atoms with E-state index in [0.29, 0.717) is 5.56 Å². The molecular weight excluding hydrogens is 254 g/mol. The largest absolute Gasteiger partial charge is 0.330 e. The van der Waals surface area contributed by atoms with Crippen LogP contribution in [0.1, 0.15) is 30.6 Å². The predicted molar refractivity (Wildman–Crippen MR) is 68.0 cm³/mol. The van der Waals surface area contributed by atoms with Gasteiger partial charge in [0.2, 0.25) is 0 Å². The van der Waals surface area contributed by atoms with Gasteiger partial charge in [-0.3, -0.25) is 4.79 Å². The third kappa shape index (κ3) is 8.33. The zero-order chi connectivity index (χ0) is 11.7. The summed E-state index contributed by atoms with van der Waals surface area (Å²) in [5, 5.41) is 0. The number of carbonyl (C=O) groups excluding carboxylic acids is 1. The van der Waals surface area contributed by atoms with Gasteiger partial charge in [-0.05, 0) is 31.0 Å². The molecule has 0 saturated carbocycles. The molecule has 15 heavy (non-hydrogen) atoms. The fourth-order valence-electron chi connectivity index (χ4n) is 0.875. The summed E-state index contributed by atoms with van der Waals surface area (Å²) in [5.41, 5.74) is 5.94. The van der Waals surface area contributed by atoms with Gasteiger partial charge in [0.1, 0.15) is 6.29 Å². The molecule has 0 heterocycles. The Morgan fingerprint density at radius 2 is 1.87 bits per heavy atom. The number of hydrogen-bond donors (Lipinski definition) is 1. The van der Waals surface area contributed by atoms with Gasteiger partial charge in [-0.1, -0.05) is 41.9 Å². The molecule has 0 radical (unpaired) electrons. The highest BCUT2D eigenvalue weighted by Crippen LogP contribution is 2.08. The van der Waals surface area contributed by atoms with Crippen LogP contribution in [0.3, 0.4) is 0 Å². The first-order chi connectivity index (χ1) is 7.10. The van der Waals surface area contributed by atoms with Gasteiger partial charge in [-0.15, -0.1) is 0 Å². The van der Waals surface area contributed by atoms with Crippen LogP contribution in [0.25, 0.3) is 0 Å². The van der Waals surface area contributed by atoms with E-state index in [1.54, 1.807) is 12.1 Å². The molecular formula is C12H18BrNO. The van der Waals surface area contributed by atoms with Crippen LogP contribution in [-0.4, -0.2) is 12.8 Å². The van der Waals surface area contributed by atoms with Crippen LogP contribution in [0.2, 0.25) is 0 Å². The summed E-state index contributed by atoms with van der Waals surface area (Å²) in [6.07, 6.45) is 1.98. The predicted octanol–water partition coefficient (Wildman–Crippen LogP) is 3.25. The average molecular weight is 272 g/mol. The Balaban J connectivity index is 0.000000288. The molecule has 84 valence electrons. The minimum absolute atomic E-state index is 0.707. The Morgan fingerprint density at radius 3 is 2.13 bits per heavy atom. The molecule has 0 aromatic heterocycles. The number of rotatable bonds is 3. The van der Waals surface area contributed by atoms with Crippen molar-refractivity contribution < 1.29 is 4.79 Å². The maximum atomic E-state index is 10.1. The quantitative estimate of drug-likeness (QED) is 0.858. The lowest BCUT2D eigenvalue weighted by molar-refractivity contribution is 0.112. The van der Waals surface area contributed by atoms with E-state index in [-0.39, 0.29) is 0 Å². The number of nitrogens with two attached hydrogens (primary N) is 1. The van der Waals surface area contributed by atoms with E-state index in [1.165, 1.54) is 0 Å². The Bertz CT molecular complexity index is 269. The van der Waals surface area contributed by atoms with E-state index in [4.69, 9.17) is 5.73 Å². The molecule has 0 saturated heterocycles. The second-order valence-corrected chi connectivity index (χ2v) is 4.56. The van der Waals surface area contributed by atoms with Crippen molar-refractivity contribution in [2.75, 3.05) is 6.54 Å². The summed E-state index contributed by atoms with van der Waals surface area (Å²) in [6.45, 7) is 5.18. The summed E-state index contributed by atoms with van der Waals surface area (Å²) in [5.74, 6) is 0.773. The van der Waals surface area contributed by atoms with Crippen LogP contribution in [0.15, 0.2) is 28.7 Å². The molecule has 1 rings (SSSR count). The molecule has 0 spiro atoms. The van der Waals surface area contributed by atoms with E-state index < -0.39 is 0 Å². The molecule has 0 bridgehead atoms. The van der Waals surface area contributed by atoms with Crippen LogP contribution in [0.5, 0.6) is 0 Å². The van der Waals surface area contributed by atoms with Crippen molar-refractivity contribution in [1.29, 1.82) is 0 Å². The van der Waals surface area contributed by atoms with E-state index in [0.717, 1.165) is 29.6 Å². The molecule has 1 aromatic carbocycles. The molecule has 0 aliphatic heterocycles. The van der Waals surface area contributed by atoms with Crippen LogP contribution in [-0.2, 0) is 0 Å². The molecule has 0 fully saturated rings. The summed E-state index contributed by atoms with van der Waals surface area (Å²) in [6, 6.07) is 7.20. The topological polar surface area (TPSA) is 43.1 Å². The first-order valence-corrected chi connectivity index (χ1v) is 5.80. The zero-order valence-electron chi connectivity index (χ0n) is 9.24.